The van der Waals surface area contributed by atoms with E-state index in [1.165, 1.54) is 4.90 Å². The number of alkyl halides is 2. The fraction of sp³-hybridized carbons (Fsp3) is 0.348. The number of para-hydroxylation sites is 1. The van der Waals surface area contributed by atoms with E-state index < -0.39 is 0 Å². The molecule has 1 aliphatic heterocycles. The maximum absolute atomic E-state index is 13.2. The van der Waals surface area contributed by atoms with Crippen LogP contribution in [0.4, 0.5) is 11.4 Å². The second-order valence-electron chi connectivity index (χ2n) is 8.00. The van der Waals surface area contributed by atoms with Gasteiger partial charge < -0.3 is 5.32 Å². The molecule has 1 saturated heterocycles. The predicted molar refractivity (Wildman–Crippen MR) is 124 cm³/mol. The fourth-order valence-corrected chi connectivity index (χ4v) is 5.45. The van der Waals surface area contributed by atoms with Gasteiger partial charge in [0.15, 0.2) is 0 Å². The highest BCUT2D eigenvalue weighted by Gasteiger charge is 2.52. The molecule has 0 unspecified atom stereocenters. The SMILES string of the molecule is Cc1ccc(NC(=O)c2ccccc2N2C(=O)[C@H]3C[C@H](Br)[C@@H](Br)C[C@H]3C2=O)cc1C. The van der Waals surface area contributed by atoms with Crippen molar-refractivity contribution in [2.75, 3.05) is 10.2 Å². The molecular weight excluding hydrogens is 512 g/mol. The summed E-state index contributed by atoms with van der Waals surface area (Å²) in [6, 6.07) is 12.5. The van der Waals surface area contributed by atoms with Gasteiger partial charge in [0.05, 0.1) is 23.1 Å². The topological polar surface area (TPSA) is 66.5 Å². The number of hydrogen-bond acceptors (Lipinski definition) is 3. The van der Waals surface area contributed by atoms with E-state index in [1.54, 1.807) is 24.3 Å². The minimum absolute atomic E-state index is 0.138. The summed E-state index contributed by atoms with van der Waals surface area (Å²) in [5.41, 5.74) is 3.54. The number of nitrogens with one attached hydrogen (secondary N) is 1. The summed E-state index contributed by atoms with van der Waals surface area (Å²) in [5, 5.41) is 2.89. The lowest BCUT2D eigenvalue weighted by Gasteiger charge is -2.29. The van der Waals surface area contributed by atoms with Crippen molar-refractivity contribution in [3.8, 4) is 0 Å². The molecule has 30 heavy (non-hydrogen) atoms. The third kappa shape index (κ3) is 3.73. The first-order chi connectivity index (χ1) is 14.3. The number of carbonyl (C=O) groups excluding carboxylic acids is 3. The fourth-order valence-electron chi connectivity index (χ4n) is 4.21. The summed E-state index contributed by atoms with van der Waals surface area (Å²) in [7, 11) is 0. The van der Waals surface area contributed by atoms with Crippen molar-refractivity contribution in [1.82, 2.24) is 0 Å². The van der Waals surface area contributed by atoms with E-state index in [-0.39, 0.29) is 39.2 Å². The summed E-state index contributed by atoms with van der Waals surface area (Å²) < 4.78 is 0. The molecule has 2 aromatic rings. The Morgan fingerprint density at radius 3 is 2.13 bits per heavy atom. The van der Waals surface area contributed by atoms with Gasteiger partial charge in [-0.2, -0.15) is 0 Å². The molecule has 0 aromatic heterocycles. The van der Waals surface area contributed by atoms with Crippen LogP contribution in [0.2, 0.25) is 0 Å². The molecule has 1 saturated carbocycles. The van der Waals surface area contributed by atoms with Gasteiger partial charge in [-0.1, -0.05) is 50.1 Å². The molecule has 3 amide bonds. The van der Waals surface area contributed by atoms with Crippen LogP contribution in [-0.2, 0) is 9.59 Å². The van der Waals surface area contributed by atoms with Crippen LogP contribution in [0.3, 0.4) is 0 Å². The smallest absolute Gasteiger partial charge is 0.257 e. The summed E-state index contributed by atoms with van der Waals surface area (Å²) in [6.45, 7) is 3.99. The van der Waals surface area contributed by atoms with Crippen molar-refractivity contribution in [3.05, 3.63) is 59.2 Å². The molecule has 1 aliphatic carbocycles. The van der Waals surface area contributed by atoms with E-state index in [4.69, 9.17) is 0 Å². The Morgan fingerprint density at radius 2 is 1.53 bits per heavy atom. The molecule has 5 nitrogen and oxygen atoms in total. The molecule has 0 spiro atoms. The predicted octanol–water partition coefficient (Wildman–Crippen LogP) is 4.98. The Kier molecular flexibility index (Phi) is 5.86. The zero-order chi connectivity index (χ0) is 21.6. The van der Waals surface area contributed by atoms with Crippen LogP contribution in [0.25, 0.3) is 0 Å². The van der Waals surface area contributed by atoms with Crippen LogP contribution in [0.1, 0.15) is 34.3 Å². The van der Waals surface area contributed by atoms with E-state index >= 15 is 0 Å². The van der Waals surface area contributed by atoms with Crippen molar-refractivity contribution in [3.63, 3.8) is 0 Å². The van der Waals surface area contributed by atoms with Gasteiger partial charge in [0, 0.05) is 15.3 Å². The Hall–Kier alpha value is -1.99. The zero-order valence-electron chi connectivity index (χ0n) is 16.7. The summed E-state index contributed by atoms with van der Waals surface area (Å²) >= 11 is 7.21. The normalized spacial score (nSPS) is 25.9. The van der Waals surface area contributed by atoms with Gasteiger partial charge in [-0.05, 0) is 62.1 Å². The quantitative estimate of drug-likeness (QED) is 0.447. The lowest BCUT2D eigenvalue weighted by molar-refractivity contribution is -0.122. The number of benzene rings is 2. The largest absolute Gasteiger partial charge is 0.322 e. The van der Waals surface area contributed by atoms with Crippen LogP contribution in [0.5, 0.6) is 0 Å². The molecule has 4 rings (SSSR count). The van der Waals surface area contributed by atoms with Crippen LogP contribution >= 0.6 is 31.9 Å². The van der Waals surface area contributed by atoms with E-state index in [0.29, 0.717) is 29.8 Å². The summed E-state index contributed by atoms with van der Waals surface area (Å²) in [5.74, 6) is -1.50. The molecule has 7 heteroatoms. The van der Waals surface area contributed by atoms with E-state index in [2.05, 4.69) is 37.2 Å². The molecular formula is C23H22Br2N2O3. The van der Waals surface area contributed by atoms with E-state index in [0.717, 1.165) is 11.1 Å². The summed E-state index contributed by atoms with van der Waals surface area (Å²) in [4.78, 5) is 40.8. The number of carbonyl (C=O) groups is 3. The lowest BCUT2D eigenvalue weighted by Crippen LogP contribution is -2.34. The van der Waals surface area contributed by atoms with Crippen LogP contribution in [0, 0.1) is 25.7 Å². The van der Waals surface area contributed by atoms with E-state index in [9.17, 15) is 14.4 Å². The molecule has 0 radical (unpaired) electrons. The first kappa shape index (κ1) is 21.2. The van der Waals surface area contributed by atoms with Crippen LogP contribution < -0.4 is 10.2 Å². The highest BCUT2D eigenvalue weighted by Crippen LogP contribution is 2.44. The number of fused-ring (bicyclic) bond motifs is 1. The van der Waals surface area contributed by atoms with Gasteiger partial charge in [0.25, 0.3) is 5.91 Å². The standard InChI is InChI=1S/C23H22Br2N2O3/c1-12-7-8-14(9-13(12)2)26-21(28)15-5-3-4-6-20(15)27-22(29)16-10-18(24)19(25)11-17(16)23(27)30/h3-9,16-19H,10-11H2,1-2H3,(H,26,28)/t16-,17+,18-,19-/m0/s1. The average Bonchev–Trinajstić information content (AvgIpc) is 2.95. The number of hydrogen-bond donors (Lipinski definition) is 1. The molecule has 1 N–H and O–H groups in total. The van der Waals surface area contributed by atoms with Crippen LogP contribution in [0.15, 0.2) is 42.5 Å². The van der Waals surface area contributed by atoms with Gasteiger partial charge in [-0.3, -0.25) is 14.4 Å². The van der Waals surface area contributed by atoms with Gasteiger partial charge in [-0.15, -0.1) is 0 Å². The number of anilines is 2. The molecule has 0 bridgehead atoms. The molecule has 1 heterocycles. The minimum Gasteiger partial charge on any atom is -0.322 e. The third-order valence-corrected chi connectivity index (χ3v) is 8.80. The highest BCUT2D eigenvalue weighted by atomic mass is 79.9. The van der Waals surface area contributed by atoms with Gasteiger partial charge in [0.2, 0.25) is 11.8 Å². The summed E-state index contributed by atoms with van der Waals surface area (Å²) in [6.07, 6.45) is 1.19. The second kappa shape index (κ2) is 8.27. The molecule has 2 aromatic carbocycles. The molecule has 2 aliphatic rings. The molecule has 2 fully saturated rings. The third-order valence-electron chi connectivity index (χ3n) is 6.07. The van der Waals surface area contributed by atoms with Crippen molar-refractivity contribution in [2.45, 2.75) is 36.3 Å². The van der Waals surface area contributed by atoms with Gasteiger partial charge >= 0.3 is 0 Å². The van der Waals surface area contributed by atoms with Crippen molar-refractivity contribution in [1.29, 1.82) is 0 Å². The Balaban J connectivity index is 1.64. The molecule has 4 atom stereocenters. The average molecular weight is 534 g/mol. The number of amides is 3. The minimum atomic E-state index is -0.355. The van der Waals surface area contributed by atoms with Crippen molar-refractivity contribution < 1.29 is 14.4 Å². The van der Waals surface area contributed by atoms with Crippen molar-refractivity contribution in [2.24, 2.45) is 11.8 Å². The Morgan fingerprint density at radius 1 is 0.933 bits per heavy atom. The number of nitrogens with zero attached hydrogens (tertiary/aromatic N) is 1. The maximum Gasteiger partial charge on any atom is 0.257 e. The van der Waals surface area contributed by atoms with E-state index in [1.807, 2.05) is 32.0 Å². The van der Waals surface area contributed by atoms with Gasteiger partial charge in [-0.25, -0.2) is 4.90 Å². The first-order valence-electron chi connectivity index (χ1n) is 9.91. The second-order valence-corrected chi connectivity index (χ2v) is 10.4. The molecule has 156 valence electrons. The maximum atomic E-state index is 13.2. The number of aryl methyl sites for hydroxylation is 2. The van der Waals surface area contributed by atoms with Crippen molar-refractivity contribution >= 4 is 61.0 Å². The zero-order valence-corrected chi connectivity index (χ0v) is 19.9. The lowest BCUT2D eigenvalue weighted by atomic mass is 9.81. The van der Waals surface area contributed by atoms with Crippen LogP contribution in [-0.4, -0.2) is 27.4 Å². The first-order valence-corrected chi connectivity index (χ1v) is 11.7. The highest BCUT2D eigenvalue weighted by molar-refractivity contribution is 9.12. The number of imide groups is 1. The number of rotatable bonds is 3. The Labute approximate surface area is 192 Å². The number of halogens is 2. The Bertz CT molecular complexity index is 1010. The monoisotopic (exact) mass is 532 g/mol. The van der Waals surface area contributed by atoms with Gasteiger partial charge in [0.1, 0.15) is 0 Å².